The molecular weight excluding hydrogens is 418 g/mol. The molecule has 2 heterocycles. The van der Waals surface area contributed by atoms with Gasteiger partial charge >= 0.3 is 0 Å². The molecule has 3 aromatic rings. The van der Waals surface area contributed by atoms with Gasteiger partial charge in [-0.05, 0) is 30.3 Å². The molecule has 168 valence electrons. The van der Waals surface area contributed by atoms with Crippen LogP contribution < -0.4 is 14.8 Å². The highest BCUT2D eigenvalue weighted by atomic mass is 16.5. The van der Waals surface area contributed by atoms with Crippen LogP contribution in [0.2, 0.25) is 0 Å². The van der Waals surface area contributed by atoms with Gasteiger partial charge in [-0.1, -0.05) is 42.5 Å². The number of fused-ring (bicyclic) bond motifs is 3. The number of nitrogens with one attached hydrogen (secondary N) is 1. The summed E-state index contributed by atoms with van der Waals surface area (Å²) in [6, 6.07) is 18.9. The number of benzene rings is 2. The summed E-state index contributed by atoms with van der Waals surface area (Å²) in [7, 11) is 3.32. The van der Waals surface area contributed by atoms with Crippen molar-refractivity contribution in [3.8, 4) is 17.6 Å². The lowest BCUT2D eigenvalue weighted by Gasteiger charge is -2.41. The maximum atomic E-state index is 12.5. The third-order valence-corrected chi connectivity index (χ3v) is 7.06. The topological polar surface area (TPSA) is 108 Å². The molecule has 7 heteroatoms. The number of methoxy groups -OCH3 is 1. The van der Waals surface area contributed by atoms with Crippen LogP contribution in [0.25, 0.3) is 0 Å². The van der Waals surface area contributed by atoms with Crippen molar-refractivity contribution < 1.29 is 19.7 Å². The number of hydrogen-bond acceptors (Lipinski definition) is 7. The zero-order chi connectivity index (χ0) is 23.2. The Kier molecular flexibility index (Phi) is 5.09. The van der Waals surface area contributed by atoms with E-state index in [1.807, 2.05) is 37.4 Å². The van der Waals surface area contributed by atoms with Gasteiger partial charge in [-0.25, -0.2) is 0 Å². The zero-order valence-corrected chi connectivity index (χ0v) is 18.4. The molecule has 3 N–H and O–H groups in total. The van der Waals surface area contributed by atoms with E-state index in [1.54, 1.807) is 30.5 Å². The fourth-order valence-electron chi connectivity index (χ4n) is 5.79. The summed E-state index contributed by atoms with van der Waals surface area (Å²) in [4.78, 5) is 4.22. The largest absolute Gasteiger partial charge is 0.495 e. The summed E-state index contributed by atoms with van der Waals surface area (Å²) < 4.78 is 12.2. The van der Waals surface area contributed by atoms with E-state index < -0.39 is 23.2 Å². The first kappa shape index (κ1) is 21.4. The average molecular weight is 444 g/mol. The van der Waals surface area contributed by atoms with E-state index in [0.29, 0.717) is 34.7 Å². The van der Waals surface area contributed by atoms with Gasteiger partial charge in [0.2, 0.25) is 0 Å². The van der Waals surface area contributed by atoms with Crippen molar-refractivity contribution in [2.45, 2.75) is 23.2 Å². The highest BCUT2D eigenvalue weighted by Gasteiger charge is 2.76. The van der Waals surface area contributed by atoms with Crippen molar-refractivity contribution in [3.63, 3.8) is 0 Å². The average Bonchev–Trinajstić information content (AvgIpc) is 3.23. The van der Waals surface area contributed by atoms with E-state index in [-0.39, 0.29) is 5.92 Å². The van der Waals surface area contributed by atoms with E-state index in [2.05, 4.69) is 16.4 Å². The third kappa shape index (κ3) is 2.75. The summed E-state index contributed by atoms with van der Waals surface area (Å²) in [6.07, 6.45) is 1.88. The van der Waals surface area contributed by atoms with Crippen molar-refractivity contribution in [1.29, 1.82) is 5.26 Å². The van der Waals surface area contributed by atoms with Crippen molar-refractivity contribution in [2.75, 3.05) is 20.7 Å². The molecule has 5 rings (SSSR count). The normalized spacial score (nSPS) is 29.6. The van der Waals surface area contributed by atoms with Crippen molar-refractivity contribution >= 4 is 0 Å². The number of hydrogen-bond donors (Lipinski definition) is 3. The Morgan fingerprint density at radius 2 is 1.88 bits per heavy atom. The minimum absolute atomic E-state index is 0.349. The molecule has 1 aromatic heterocycles. The van der Waals surface area contributed by atoms with Gasteiger partial charge in [-0.2, -0.15) is 5.26 Å². The first-order valence-corrected chi connectivity index (χ1v) is 10.8. The molecule has 1 saturated carbocycles. The molecule has 33 heavy (non-hydrogen) atoms. The van der Waals surface area contributed by atoms with Gasteiger partial charge in [0, 0.05) is 18.4 Å². The molecule has 2 aromatic carbocycles. The number of aromatic nitrogens is 1. The number of ether oxygens (including phenoxy) is 2. The lowest BCUT2D eigenvalue weighted by molar-refractivity contribution is -0.152. The van der Waals surface area contributed by atoms with Crippen LogP contribution in [0.1, 0.15) is 28.2 Å². The predicted octanol–water partition coefficient (Wildman–Crippen LogP) is 2.43. The summed E-state index contributed by atoms with van der Waals surface area (Å²) in [5.74, 6) is -0.0918. The molecule has 2 aliphatic rings. The quantitative estimate of drug-likeness (QED) is 0.556. The summed E-state index contributed by atoms with van der Waals surface area (Å²) >= 11 is 0. The van der Waals surface area contributed by atoms with Crippen LogP contribution in [-0.2, 0) is 11.2 Å². The van der Waals surface area contributed by atoms with Gasteiger partial charge in [-0.3, -0.25) is 4.98 Å². The molecule has 0 radical (unpaired) electrons. The number of rotatable bonds is 5. The predicted molar refractivity (Wildman–Crippen MR) is 121 cm³/mol. The Morgan fingerprint density at radius 3 is 2.52 bits per heavy atom. The Hall–Kier alpha value is -3.44. The van der Waals surface area contributed by atoms with Crippen molar-refractivity contribution in [3.05, 3.63) is 89.2 Å². The Labute approximate surface area is 192 Å². The molecular formula is C26H25N3O4. The van der Waals surface area contributed by atoms with Crippen molar-refractivity contribution in [2.24, 2.45) is 5.92 Å². The first-order chi connectivity index (χ1) is 16.0. The van der Waals surface area contributed by atoms with Crippen molar-refractivity contribution in [1.82, 2.24) is 10.3 Å². The molecule has 7 nitrogen and oxygen atoms in total. The van der Waals surface area contributed by atoms with Gasteiger partial charge in [0.05, 0.1) is 42.8 Å². The maximum Gasteiger partial charge on any atom is 0.177 e. The molecule has 1 fully saturated rings. The van der Waals surface area contributed by atoms with Gasteiger partial charge in [-0.15, -0.1) is 0 Å². The second-order valence-electron chi connectivity index (χ2n) is 8.56. The number of pyridine rings is 1. The summed E-state index contributed by atoms with van der Waals surface area (Å²) in [5.41, 5.74) is -0.730. The van der Waals surface area contributed by atoms with Crippen LogP contribution in [0, 0.1) is 17.2 Å². The Morgan fingerprint density at radius 1 is 1.15 bits per heavy atom. The Balaban J connectivity index is 1.85. The number of nitrogens with zero attached hydrogens (tertiary/aromatic N) is 2. The highest BCUT2D eigenvalue weighted by molar-refractivity contribution is 5.59. The van der Waals surface area contributed by atoms with E-state index in [4.69, 9.17) is 9.47 Å². The maximum absolute atomic E-state index is 12.5. The fourth-order valence-corrected chi connectivity index (χ4v) is 5.79. The molecule has 0 amide bonds. The van der Waals surface area contributed by atoms with Crippen LogP contribution in [-0.4, -0.2) is 42.0 Å². The second-order valence-corrected chi connectivity index (χ2v) is 8.56. The van der Waals surface area contributed by atoms with E-state index >= 15 is 0 Å². The third-order valence-electron chi connectivity index (χ3n) is 7.06. The van der Waals surface area contributed by atoms with Gasteiger partial charge < -0.3 is 25.0 Å². The zero-order valence-electron chi connectivity index (χ0n) is 18.4. The van der Waals surface area contributed by atoms with E-state index in [9.17, 15) is 15.5 Å². The smallest absolute Gasteiger partial charge is 0.177 e. The summed E-state index contributed by atoms with van der Waals surface area (Å²) in [5, 5.41) is 36.8. The van der Waals surface area contributed by atoms with Crippen LogP contribution in [0.4, 0.5) is 0 Å². The van der Waals surface area contributed by atoms with E-state index in [1.165, 1.54) is 13.3 Å². The van der Waals surface area contributed by atoms with Crippen LogP contribution in [0.5, 0.6) is 11.5 Å². The second kappa shape index (κ2) is 7.85. The molecule has 0 bridgehead atoms. The lowest BCUT2D eigenvalue weighted by atomic mass is 9.70. The monoisotopic (exact) mass is 443 g/mol. The standard InChI is InChI=1S/C26H25N3O4/c1-28-13-19-22(17-6-4-3-5-7-17)26(18-10-8-16(12-27)9-11-18)25(31,24(19)30)23-20(32-2)14-29-15-21(23)33-26/h3-11,14-15,19,22,24,28,30-31H,13H2,1-2H3/t19?,22-,24-,25+,26+/m1/s1. The first-order valence-electron chi connectivity index (χ1n) is 10.8. The minimum Gasteiger partial charge on any atom is -0.495 e. The number of aliphatic hydroxyl groups excluding tert-OH is 1. The SMILES string of the molecule is CNCC1[C@@H](O)[C@@]2(O)c3c(OC)cncc3O[C@@]2(c2ccc(C#N)cc2)[C@@H]1c1ccccc1. The van der Waals surface area contributed by atoms with Gasteiger partial charge in [0.15, 0.2) is 11.2 Å². The molecule has 0 saturated heterocycles. The van der Waals surface area contributed by atoms with Gasteiger partial charge in [0.1, 0.15) is 11.5 Å². The molecule has 1 aliphatic carbocycles. The molecule has 1 unspecified atom stereocenters. The van der Waals surface area contributed by atoms with Gasteiger partial charge in [0.25, 0.3) is 0 Å². The number of nitriles is 1. The van der Waals surface area contributed by atoms with Crippen LogP contribution in [0.15, 0.2) is 67.0 Å². The molecule has 1 aliphatic heterocycles. The Bertz CT molecular complexity index is 1210. The lowest BCUT2D eigenvalue weighted by Crippen LogP contribution is -2.52. The fraction of sp³-hybridized carbons (Fsp3) is 0.308. The summed E-state index contributed by atoms with van der Waals surface area (Å²) in [6.45, 7) is 0.452. The number of aliphatic hydroxyl groups is 2. The molecule has 0 spiro atoms. The highest BCUT2D eigenvalue weighted by Crippen LogP contribution is 2.69. The van der Waals surface area contributed by atoms with E-state index in [0.717, 1.165) is 5.56 Å². The minimum atomic E-state index is -1.83. The van der Waals surface area contributed by atoms with Crippen LogP contribution in [0.3, 0.4) is 0 Å². The molecule has 5 atom stereocenters. The van der Waals surface area contributed by atoms with Crippen LogP contribution >= 0.6 is 0 Å².